The van der Waals surface area contributed by atoms with Crippen molar-refractivity contribution in [1.29, 1.82) is 0 Å². The molecule has 1 amide bonds. The molecule has 0 spiro atoms. The molecule has 29 heavy (non-hydrogen) atoms. The quantitative estimate of drug-likeness (QED) is 0.637. The number of carbonyl (C=O) groups is 1. The van der Waals surface area contributed by atoms with Gasteiger partial charge in [-0.25, -0.2) is 0 Å². The number of benzene rings is 2. The van der Waals surface area contributed by atoms with E-state index in [1.807, 2.05) is 39.0 Å². The normalized spacial score (nSPS) is 18.9. The molecule has 0 bridgehead atoms. The van der Waals surface area contributed by atoms with E-state index in [4.69, 9.17) is 11.6 Å². The van der Waals surface area contributed by atoms with Crippen LogP contribution in [-0.4, -0.2) is 29.4 Å². The molecule has 1 saturated heterocycles. The third kappa shape index (κ3) is 4.51. The minimum absolute atomic E-state index is 0.00753. The lowest BCUT2D eigenvalue weighted by molar-refractivity contribution is -0.000436. The summed E-state index contributed by atoms with van der Waals surface area (Å²) in [7, 11) is 0. The average Bonchev–Trinajstić information content (AvgIpc) is 3.23. The van der Waals surface area contributed by atoms with Gasteiger partial charge in [0.2, 0.25) is 0 Å². The van der Waals surface area contributed by atoms with Crippen LogP contribution in [0, 0.1) is 6.92 Å². The zero-order valence-corrected chi connectivity index (χ0v) is 18.6. The lowest BCUT2D eigenvalue weighted by atomic mass is 9.68. The maximum Gasteiger partial charge on any atom is 0.252 e. The topological polar surface area (TPSA) is 32.3 Å². The zero-order chi connectivity index (χ0) is 20.9. The fourth-order valence-electron chi connectivity index (χ4n) is 4.75. The van der Waals surface area contributed by atoms with Gasteiger partial charge in [0.1, 0.15) is 0 Å². The van der Waals surface area contributed by atoms with Crippen LogP contribution in [0.4, 0.5) is 0 Å². The van der Waals surface area contributed by atoms with Crippen LogP contribution in [-0.2, 0) is 0 Å². The van der Waals surface area contributed by atoms with Gasteiger partial charge in [0.15, 0.2) is 0 Å². The van der Waals surface area contributed by atoms with Crippen LogP contribution in [0.5, 0.6) is 0 Å². The van der Waals surface area contributed by atoms with Crippen molar-refractivity contribution in [2.75, 3.05) is 13.1 Å². The van der Waals surface area contributed by atoms with Crippen molar-refractivity contribution in [3.8, 4) is 0 Å². The molecular formula is C25H33ClN2O. The van der Waals surface area contributed by atoms with E-state index in [1.54, 1.807) is 6.07 Å². The van der Waals surface area contributed by atoms with Gasteiger partial charge in [0.05, 0.1) is 6.04 Å². The number of likely N-dealkylation sites (tertiary alicyclic amines) is 1. The molecule has 156 valence electrons. The van der Waals surface area contributed by atoms with Gasteiger partial charge >= 0.3 is 0 Å². The zero-order valence-electron chi connectivity index (χ0n) is 17.9. The first-order valence-electron chi connectivity index (χ1n) is 11.0. The first-order chi connectivity index (χ1) is 14.1. The molecule has 1 aliphatic heterocycles. The number of halogens is 1. The summed E-state index contributed by atoms with van der Waals surface area (Å²) >= 11 is 6.08. The van der Waals surface area contributed by atoms with E-state index < -0.39 is 0 Å². The van der Waals surface area contributed by atoms with Gasteiger partial charge in [-0.05, 0) is 81.4 Å². The van der Waals surface area contributed by atoms with Crippen molar-refractivity contribution in [1.82, 2.24) is 10.2 Å². The van der Waals surface area contributed by atoms with Crippen molar-refractivity contribution in [2.45, 2.75) is 64.5 Å². The minimum Gasteiger partial charge on any atom is -0.343 e. The Bertz CT molecular complexity index is 811. The Morgan fingerprint density at radius 1 is 1.03 bits per heavy atom. The summed E-state index contributed by atoms with van der Waals surface area (Å²) in [6, 6.07) is 16.0. The van der Waals surface area contributed by atoms with Crippen molar-refractivity contribution >= 4 is 17.5 Å². The number of carbonyl (C=O) groups excluding carboxylic acids is 1. The van der Waals surface area contributed by atoms with Crippen LogP contribution >= 0.6 is 11.6 Å². The smallest absolute Gasteiger partial charge is 0.252 e. The highest BCUT2D eigenvalue weighted by molar-refractivity contribution is 6.30. The minimum atomic E-state index is -0.0107. The van der Waals surface area contributed by atoms with E-state index in [-0.39, 0.29) is 17.5 Å². The highest BCUT2D eigenvalue weighted by atomic mass is 35.5. The highest BCUT2D eigenvalue weighted by Gasteiger charge is 2.50. The van der Waals surface area contributed by atoms with Crippen LogP contribution in [0.3, 0.4) is 0 Å². The molecule has 3 nitrogen and oxygen atoms in total. The second-order valence-electron chi connectivity index (χ2n) is 7.93. The Kier molecular flexibility index (Phi) is 7.37. The number of nitrogens with one attached hydrogen (secondary N) is 1. The molecule has 2 aromatic carbocycles. The molecule has 2 fully saturated rings. The number of aryl methyl sites for hydroxylation is 1. The predicted molar refractivity (Wildman–Crippen MR) is 122 cm³/mol. The number of hydrogen-bond acceptors (Lipinski definition) is 2. The molecule has 1 saturated carbocycles. The van der Waals surface area contributed by atoms with E-state index in [2.05, 4.69) is 34.5 Å². The average molecular weight is 413 g/mol. The van der Waals surface area contributed by atoms with Crippen molar-refractivity contribution < 1.29 is 4.79 Å². The molecule has 4 rings (SSSR count). The molecule has 0 radical (unpaired) electrons. The van der Waals surface area contributed by atoms with Gasteiger partial charge in [0, 0.05) is 16.1 Å². The second-order valence-corrected chi connectivity index (χ2v) is 8.36. The van der Waals surface area contributed by atoms with Gasteiger partial charge in [-0.2, -0.15) is 0 Å². The summed E-state index contributed by atoms with van der Waals surface area (Å²) in [4.78, 5) is 15.8. The molecule has 4 heteroatoms. The molecule has 1 aliphatic carbocycles. The molecule has 1 N–H and O–H groups in total. The van der Waals surface area contributed by atoms with Gasteiger partial charge in [-0.15, -0.1) is 0 Å². The van der Waals surface area contributed by atoms with E-state index in [1.165, 1.54) is 24.8 Å². The number of rotatable bonds is 5. The Labute approximate surface area is 180 Å². The fraction of sp³-hybridized carbons (Fsp3) is 0.480. The maximum atomic E-state index is 13.2. The third-order valence-corrected chi connectivity index (χ3v) is 6.57. The van der Waals surface area contributed by atoms with Gasteiger partial charge in [-0.3, -0.25) is 9.69 Å². The molecule has 1 atom stereocenters. The van der Waals surface area contributed by atoms with E-state index in [0.29, 0.717) is 10.6 Å². The van der Waals surface area contributed by atoms with Crippen molar-refractivity contribution in [2.24, 2.45) is 0 Å². The Morgan fingerprint density at radius 2 is 1.69 bits per heavy atom. The Hall–Kier alpha value is -1.84. The molecule has 2 aromatic rings. The maximum absolute atomic E-state index is 13.2. The Morgan fingerprint density at radius 3 is 2.24 bits per heavy atom. The standard InChI is InChI=1S/C23H27ClN2O.C2H6/c1-17-16-19(24)10-11-20(17)22(27)25-21(18-8-3-2-4-9-18)23(12-7-13-23)26-14-5-6-15-26;1-2/h2-4,8-11,16,21H,5-7,12-15H2,1H3,(H,25,27);1-2H3. The third-order valence-electron chi connectivity index (χ3n) is 6.33. The van der Waals surface area contributed by atoms with Gasteiger partial charge in [0.25, 0.3) is 5.91 Å². The van der Waals surface area contributed by atoms with Gasteiger partial charge in [-0.1, -0.05) is 55.8 Å². The van der Waals surface area contributed by atoms with Gasteiger partial charge < -0.3 is 5.32 Å². The number of nitrogens with zero attached hydrogens (tertiary/aromatic N) is 1. The number of amides is 1. The molecule has 1 heterocycles. The molecule has 0 aromatic heterocycles. The van der Waals surface area contributed by atoms with Crippen LogP contribution < -0.4 is 5.32 Å². The fourth-order valence-corrected chi connectivity index (χ4v) is 4.98. The van der Waals surface area contributed by atoms with E-state index in [0.717, 1.165) is 31.5 Å². The monoisotopic (exact) mass is 412 g/mol. The highest BCUT2D eigenvalue weighted by Crippen LogP contribution is 2.48. The molecule has 2 aliphatic rings. The van der Waals surface area contributed by atoms with E-state index >= 15 is 0 Å². The SMILES string of the molecule is CC.Cc1cc(Cl)ccc1C(=O)NC(c1ccccc1)C1(N2CCCC2)CCC1. The van der Waals surface area contributed by atoms with Crippen LogP contribution in [0.25, 0.3) is 0 Å². The Balaban J connectivity index is 0.00000117. The summed E-state index contributed by atoms with van der Waals surface area (Å²) in [6.45, 7) is 8.22. The summed E-state index contributed by atoms with van der Waals surface area (Å²) < 4.78 is 0. The first kappa shape index (κ1) is 21.9. The lowest BCUT2D eigenvalue weighted by Gasteiger charge is -2.54. The second kappa shape index (κ2) is 9.77. The van der Waals surface area contributed by atoms with Crippen molar-refractivity contribution in [3.63, 3.8) is 0 Å². The first-order valence-corrected chi connectivity index (χ1v) is 11.3. The summed E-state index contributed by atoms with van der Waals surface area (Å²) in [5.74, 6) is -0.0107. The summed E-state index contributed by atoms with van der Waals surface area (Å²) in [5.41, 5.74) is 2.87. The van der Waals surface area contributed by atoms with Crippen LogP contribution in [0.2, 0.25) is 5.02 Å². The predicted octanol–water partition coefficient (Wildman–Crippen LogP) is 6.16. The van der Waals surface area contributed by atoms with E-state index in [9.17, 15) is 4.79 Å². The molecular weight excluding hydrogens is 380 g/mol. The van der Waals surface area contributed by atoms with Crippen LogP contribution in [0.15, 0.2) is 48.5 Å². The largest absolute Gasteiger partial charge is 0.343 e. The van der Waals surface area contributed by atoms with Crippen LogP contribution in [0.1, 0.15) is 73.5 Å². The summed E-state index contributed by atoms with van der Waals surface area (Å²) in [5, 5.41) is 4.07. The number of hydrogen-bond donors (Lipinski definition) is 1. The summed E-state index contributed by atoms with van der Waals surface area (Å²) in [6.07, 6.45) is 6.04. The molecule has 1 unspecified atom stereocenters. The lowest BCUT2D eigenvalue weighted by Crippen LogP contribution is -2.60. The van der Waals surface area contributed by atoms with Crippen molar-refractivity contribution in [3.05, 3.63) is 70.2 Å².